The van der Waals surface area contributed by atoms with Crippen LogP contribution in [0.15, 0.2) is 30.5 Å². The molecular weight excluding hydrogens is 286 g/mol. The van der Waals surface area contributed by atoms with E-state index in [2.05, 4.69) is 40.5 Å². The van der Waals surface area contributed by atoms with Gasteiger partial charge in [-0.3, -0.25) is 9.88 Å². The maximum atomic E-state index is 4.72. The number of para-hydroxylation sites is 2. The molecule has 3 nitrogen and oxygen atoms in total. The Balaban J connectivity index is 1.71. The molecule has 0 atom stereocenters. The van der Waals surface area contributed by atoms with Crippen molar-refractivity contribution in [1.29, 1.82) is 0 Å². The maximum absolute atomic E-state index is 4.72. The van der Waals surface area contributed by atoms with Gasteiger partial charge in [-0.15, -0.1) is 0 Å². The first-order valence-corrected chi connectivity index (χ1v) is 9.20. The Morgan fingerprint density at radius 2 is 1.85 bits per heavy atom. The van der Waals surface area contributed by atoms with Crippen LogP contribution < -0.4 is 0 Å². The molecule has 2 aromatic rings. The molecule has 0 unspecified atom stereocenters. The quantitative estimate of drug-likeness (QED) is 0.870. The van der Waals surface area contributed by atoms with Gasteiger partial charge in [0.05, 0.1) is 22.9 Å². The molecular formula is C15H19N3S2. The van der Waals surface area contributed by atoms with E-state index < -0.39 is 0 Å². The number of thioether (sulfide) groups is 2. The monoisotopic (exact) mass is 305 g/mol. The predicted molar refractivity (Wildman–Crippen MR) is 89.4 cm³/mol. The van der Waals surface area contributed by atoms with Crippen molar-refractivity contribution in [2.45, 2.75) is 12.6 Å². The molecule has 1 saturated heterocycles. The van der Waals surface area contributed by atoms with E-state index in [1.165, 1.54) is 23.0 Å². The Labute approximate surface area is 128 Å². The Bertz CT molecular complexity index is 568. The first-order chi connectivity index (χ1) is 9.83. The van der Waals surface area contributed by atoms with Gasteiger partial charge in [0.25, 0.3) is 0 Å². The van der Waals surface area contributed by atoms with E-state index in [9.17, 15) is 0 Å². The van der Waals surface area contributed by atoms with E-state index in [0.717, 1.165) is 23.3 Å². The molecule has 20 heavy (non-hydrogen) atoms. The number of benzene rings is 1. The third-order valence-corrected chi connectivity index (χ3v) is 6.01. The minimum Gasteiger partial charge on any atom is -0.296 e. The summed E-state index contributed by atoms with van der Waals surface area (Å²) < 4.78 is 0. The number of hydrogen-bond acceptors (Lipinski definition) is 5. The standard InChI is InChI=1S/C15H19N3S2/c1-18(13-10-19-6-7-20-11-13)9-12-8-16-14-4-2-3-5-15(14)17-12/h2-5,8,13H,6-7,9-11H2,1H3. The fourth-order valence-corrected chi connectivity index (χ4v) is 5.03. The highest BCUT2D eigenvalue weighted by atomic mass is 32.2. The Kier molecular flexibility index (Phi) is 4.81. The van der Waals surface area contributed by atoms with Crippen LogP contribution in [0.2, 0.25) is 0 Å². The maximum Gasteiger partial charge on any atom is 0.0890 e. The number of fused-ring (bicyclic) bond motifs is 1. The van der Waals surface area contributed by atoms with Gasteiger partial charge in [0.2, 0.25) is 0 Å². The molecule has 2 heterocycles. The molecule has 0 radical (unpaired) electrons. The van der Waals surface area contributed by atoms with Crippen molar-refractivity contribution in [2.24, 2.45) is 0 Å². The zero-order chi connectivity index (χ0) is 13.8. The summed E-state index contributed by atoms with van der Waals surface area (Å²) in [4.78, 5) is 11.6. The SMILES string of the molecule is CN(Cc1cnc2ccccc2n1)C1CSCCSC1. The number of hydrogen-bond donors (Lipinski definition) is 0. The molecule has 0 amide bonds. The normalized spacial score (nSPS) is 17.5. The minimum atomic E-state index is 0.640. The second-order valence-corrected chi connectivity index (χ2v) is 7.37. The first-order valence-electron chi connectivity index (χ1n) is 6.89. The van der Waals surface area contributed by atoms with E-state index in [1.54, 1.807) is 0 Å². The van der Waals surface area contributed by atoms with Gasteiger partial charge in [0.1, 0.15) is 0 Å². The van der Waals surface area contributed by atoms with Gasteiger partial charge in [0.15, 0.2) is 0 Å². The highest BCUT2D eigenvalue weighted by Crippen LogP contribution is 2.20. The lowest BCUT2D eigenvalue weighted by Crippen LogP contribution is -2.35. The van der Waals surface area contributed by atoms with Gasteiger partial charge in [0, 0.05) is 35.6 Å². The third kappa shape index (κ3) is 3.45. The van der Waals surface area contributed by atoms with E-state index in [4.69, 9.17) is 4.98 Å². The largest absolute Gasteiger partial charge is 0.296 e. The zero-order valence-corrected chi connectivity index (χ0v) is 13.3. The van der Waals surface area contributed by atoms with Crippen molar-refractivity contribution < 1.29 is 0 Å². The summed E-state index contributed by atoms with van der Waals surface area (Å²) in [6.45, 7) is 0.879. The molecule has 106 valence electrons. The molecule has 1 aromatic carbocycles. The average molecular weight is 305 g/mol. The highest BCUT2D eigenvalue weighted by Gasteiger charge is 2.18. The second kappa shape index (κ2) is 6.78. The van der Waals surface area contributed by atoms with Crippen molar-refractivity contribution in [1.82, 2.24) is 14.9 Å². The van der Waals surface area contributed by atoms with E-state index in [0.29, 0.717) is 6.04 Å². The lowest BCUT2D eigenvalue weighted by atomic mass is 10.2. The van der Waals surface area contributed by atoms with Crippen molar-refractivity contribution in [3.63, 3.8) is 0 Å². The Hall–Kier alpha value is -0.780. The Morgan fingerprint density at radius 3 is 2.60 bits per heavy atom. The minimum absolute atomic E-state index is 0.640. The summed E-state index contributed by atoms with van der Waals surface area (Å²) in [6, 6.07) is 8.70. The number of nitrogens with zero attached hydrogens (tertiary/aromatic N) is 3. The number of aromatic nitrogens is 2. The average Bonchev–Trinajstić information content (AvgIpc) is 2.76. The van der Waals surface area contributed by atoms with Gasteiger partial charge in [-0.2, -0.15) is 23.5 Å². The molecule has 3 rings (SSSR count). The summed E-state index contributed by atoms with van der Waals surface area (Å²) in [7, 11) is 2.20. The van der Waals surface area contributed by atoms with Crippen molar-refractivity contribution in [2.75, 3.05) is 30.1 Å². The zero-order valence-electron chi connectivity index (χ0n) is 11.7. The lowest BCUT2D eigenvalue weighted by molar-refractivity contribution is 0.270. The topological polar surface area (TPSA) is 29.0 Å². The molecule has 1 aliphatic rings. The smallest absolute Gasteiger partial charge is 0.0890 e. The third-order valence-electron chi connectivity index (χ3n) is 3.53. The molecule has 0 aliphatic carbocycles. The molecule has 0 bridgehead atoms. The van der Waals surface area contributed by atoms with Crippen LogP contribution in [0.3, 0.4) is 0 Å². The molecule has 1 aliphatic heterocycles. The molecule has 0 N–H and O–H groups in total. The summed E-state index contributed by atoms with van der Waals surface area (Å²) in [5.74, 6) is 5.02. The molecule has 0 spiro atoms. The van der Waals surface area contributed by atoms with Crippen LogP contribution in [-0.4, -0.2) is 51.0 Å². The lowest BCUT2D eigenvalue weighted by Gasteiger charge is -2.25. The second-order valence-electron chi connectivity index (χ2n) is 5.07. The predicted octanol–water partition coefficient (Wildman–Crippen LogP) is 2.91. The fraction of sp³-hybridized carbons (Fsp3) is 0.467. The van der Waals surface area contributed by atoms with Crippen LogP contribution in [0.1, 0.15) is 5.69 Å². The van der Waals surface area contributed by atoms with Crippen LogP contribution in [0.4, 0.5) is 0 Å². The summed E-state index contributed by atoms with van der Waals surface area (Å²) in [5, 5.41) is 0. The molecule has 1 aromatic heterocycles. The van der Waals surface area contributed by atoms with Crippen LogP contribution in [0.25, 0.3) is 11.0 Å². The van der Waals surface area contributed by atoms with Crippen molar-refractivity contribution in [3.8, 4) is 0 Å². The van der Waals surface area contributed by atoms with E-state index >= 15 is 0 Å². The van der Waals surface area contributed by atoms with E-state index in [1.807, 2.05) is 30.5 Å². The van der Waals surface area contributed by atoms with Gasteiger partial charge in [-0.05, 0) is 19.2 Å². The first kappa shape index (κ1) is 14.2. The van der Waals surface area contributed by atoms with Gasteiger partial charge >= 0.3 is 0 Å². The van der Waals surface area contributed by atoms with Crippen LogP contribution in [0.5, 0.6) is 0 Å². The molecule has 1 fully saturated rings. The van der Waals surface area contributed by atoms with E-state index in [-0.39, 0.29) is 0 Å². The van der Waals surface area contributed by atoms with Crippen LogP contribution >= 0.6 is 23.5 Å². The molecule has 5 heteroatoms. The van der Waals surface area contributed by atoms with Gasteiger partial charge in [-0.25, -0.2) is 4.98 Å². The highest BCUT2D eigenvalue weighted by molar-refractivity contribution is 8.03. The van der Waals surface area contributed by atoms with Gasteiger partial charge < -0.3 is 0 Å². The molecule has 0 saturated carbocycles. The summed E-state index contributed by atoms with van der Waals surface area (Å²) in [6.07, 6.45) is 1.91. The summed E-state index contributed by atoms with van der Waals surface area (Å²) >= 11 is 4.13. The van der Waals surface area contributed by atoms with Crippen LogP contribution in [0, 0.1) is 0 Å². The Morgan fingerprint density at radius 1 is 1.15 bits per heavy atom. The number of rotatable bonds is 3. The van der Waals surface area contributed by atoms with Crippen molar-refractivity contribution >= 4 is 34.6 Å². The summed E-state index contributed by atoms with van der Waals surface area (Å²) in [5.41, 5.74) is 3.02. The van der Waals surface area contributed by atoms with Crippen molar-refractivity contribution in [3.05, 3.63) is 36.2 Å². The van der Waals surface area contributed by atoms with Crippen LogP contribution in [-0.2, 0) is 6.54 Å². The van der Waals surface area contributed by atoms with Gasteiger partial charge in [-0.1, -0.05) is 12.1 Å². The fourth-order valence-electron chi connectivity index (χ4n) is 2.32.